The number of hydrogen-bond acceptors (Lipinski definition) is 1. The molecule has 0 aromatic rings. The highest BCUT2D eigenvalue weighted by Gasteiger charge is 2.84. The molecule has 0 aromatic heterocycles. The molecule has 0 aromatic carbocycles. The molecule has 0 heterocycles. The molecule has 0 spiro atoms. The fraction of sp³-hybridized carbons (Fsp3) is 0.923. The predicted molar refractivity (Wildman–Crippen MR) is 55.4 cm³/mol. The third-order valence-electron chi connectivity index (χ3n) is 6.78. The highest BCUT2D eigenvalue weighted by molar-refractivity contribution is 5.35. The van der Waals surface area contributed by atoms with E-state index >= 15 is 0 Å². The highest BCUT2D eigenvalue weighted by Crippen LogP contribution is 2.90. The SMILES string of the molecule is CC1(C#N)CC2CC3(C)CC1(C)C23C. The molecule has 1 heteroatoms. The molecule has 3 saturated carbocycles. The van der Waals surface area contributed by atoms with Gasteiger partial charge in [-0.1, -0.05) is 20.8 Å². The Labute approximate surface area is 86.5 Å². The summed E-state index contributed by atoms with van der Waals surface area (Å²) in [5.41, 5.74) is 1.29. The van der Waals surface area contributed by atoms with E-state index in [-0.39, 0.29) is 5.41 Å². The minimum absolute atomic E-state index is 0.0531. The quantitative estimate of drug-likeness (QED) is 0.573. The van der Waals surface area contributed by atoms with Crippen LogP contribution in [0.15, 0.2) is 0 Å². The summed E-state index contributed by atoms with van der Waals surface area (Å²) in [4.78, 5) is 0. The Kier molecular flexibility index (Phi) is 1.11. The molecule has 0 saturated heterocycles. The monoisotopic (exact) mass is 189 g/mol. The van der Waals surface area contributed by atoms with Crippen molar-refractivity contribution in [3.05, 3.63) is 0 Å². The van der Waals surface area contributed by atoms with Crippen molar-refractivity contribution < 1.29 is 0 Å². The van der Waals surface area contributed by atoms with Gasteiger partial charge >= 0.3 is 0 Å². The van der Waals surface area contributed by atoms with E-state index in [1.54, 1.807) is 0 Å². The van der Waals surface area contributed by atoms with Gasteiger partial charge in [-0.2, -0.15) is 5.26 Å². The Bertz CT molecular complexity index is 368. The molecule has 3 aliphatic rings. The van der Waals surface area contributed by atoms with E-state index in [1.165, 1.54) is 12.8 Å². The average molecular weight is 189 g/mol. The molecule has 14 heavy (non-hydrogen) atoms. The topological polar surface area (TPSA) is 23.8 Å². The summed E-state index contributed by atoms with van der Waals surface area (Å²) >= 11 is 0. The van der Waals surface area contributed by atoms with Crippen molar-refractivity contribution in [1.82, 2.24) is 0 Å². The summed E-state index contributed by atoms with van der Waals surface area (Å²) in [6.45, 7) is 9.41. The second kappa shape index (κ2) is 1.77. The molecule has 0 N–H and O–H groups in total. The molecule has 0 amide bonds. The minimum Gasteiger partial charge on any atom is -0.198 e. The van der Waals surface area contributed by atoms with Crippen LogP contribution in [0, 0.1) is 38.9 Å². The van der Waals surface area contributed by atoms with Crippen molar-refractivity contribution in [2.24, 2.45) is 27.6 Å². The second-order valence-electron chi connectivity index (χ2n) is 6.82. The Morgan fingerprint density at radius 3 is 2.21 bits per heavy atom. The molecule has 3 rings (SSSR count). The van der Waals surface area contributed by atoms with Crippen LogP contribution in [0.3, 0.4) is 0 Å². The predicted octanol–water partition coefficient (Wildman–Crippen LogP) is 3.36. The van der Waals surface area contributed by atoms with Crippen LogP contribution in [0.5, 0.6) is 0 Å². The van der Waals surface area contributed by atoms with Crippen LogP contribution in [0.4, 0.5) is 0 Å². The maximum absolute atomic E-state index is 9.40. The van der Waals surface area contributed by atoms with Crippen molar-refractivity contribution >= 4 is 0 Å². The van der Waals surface area contributed by atoms with Gasteiger partial charge in [-0.15, -0.1) is 0 Å². The summed E-state index contributed by atoms with van der Waals surface area (Å²) < 4.78 is 0. The lowest BCUT2D eigenvalue weighted by Gasteiger charge is -2.77. The molecule has 5 unspecified atom stereocenters. The van der Waals surface area contributed by atoms with E-state index < -0.39 is 0 Å². The third-order valence-corrected chi connectivity index (χ3v) is 6.78. The molecule has 3 aliphatic carbocycles. The van der Waals surface area contributed by atoms with Crippen molar-refractivity contribution in [2.75, 3.05) is 0 Å². The van der Waals surface area contributed by atoms with Gasteiger partial charge in [0.1, 0.15) is 0 Å². The second-order valence-corrected chi connectivity index (χ2v) is 6.82. The molecule has 76 valence electrons. The van der Waals surface area contributed by atoms with Gasteiger partial charge in [-0.05, 0) is 48.3 Å². The van der Waals surface area contributed by atoms with E-state index in [9.17, 15) is 5.26 Å². The average Bonchev–Trinajstić information content (AvgIpc) is 2.24. The zero-order chi connectivity index (χ0) is 10.4. The first kappa shape index (κ1) is 8.77. The summed E-state index contributed by atoms with van der Waals surface area (Å²) in [6, 6.07) is 2.61. The van der Waals surface area contributed by atoms with Crippen LogP contribution in [0.2, 0.25) is 0 Å². The Morgan fingerprint density at radius 1 is 1.14 bits per heavy atom. The van der Waals surface area contributed by atoms with Crippen molar-refractivity contribution in [3.63, 3.8) is 0 Å². The van der Waals surface area contributed by atoms with Crippen molar-refractivity contribution in [2.45, 2.75) is 47.0 Å². The number of nitriles is 1. The minimum atomic E-state index is -0.0531. The standard InChI is InChI=1S/C13H19N/c1-10-5-9-6-11(2,8-14)12(3,7-10)13(9,10)4/h9H,5-7H2,1-4H3. The van der Waals surface area contributed by atoms with E-state index in [0.717, 1.165) is 12.3 Å². The van der Waals surface area contributed by atoms with E-state index in [1.807, 2.05) is 0 Å². The van der Waals surface area contributed by atoms with Gasteiger partial charge in [-0.25, -0.2) is 0 Å². The van der Waals surface area contributed by atoms with Gasteiger partial charge in [0.2, 0.25) is 0 Å². The molecule has 1 nitrogen and oxygen atoms in total. The number of hydrogen-bond donors (Lipinski definition) is 0. The maximum atomic E-state index is 9.40. The molecule has 0 bridgehead atoms. The van der Waals surface area contributed by atoms with Gasteiger partial charge in [0.15, 0.2) is 0 Å². The lowest BCUT2D eigenvalue weighted by atomic mass is 9.27. The summed E-state index contributed by atoms with van der Waals surface area (Å²) in [6.07, 6.45) is 3.79. The van der Waals surface area contributed by atoms with Crippen LogP contribution >= 0.6 is 0 Å². The van der Waals surface area contributed by atoms with Gasteiger partial charge in [0, 0.05) is 0 Å². The smallest absolute Gasteiger partial charge is 0.0692 e. The first-order valence-corrected chi connectivity index (χ1v) is 5.74. The highest BCUT2D eigenvalue weighted by atomic mass is 14.9. The number of nitrogens with zero attached hydrogens (tertiary/aromatic N) is 1. The molecular weight excluding hydrogens is 170 g/mol. The van der Waals surface area contributed by atoms with Gasteiger partial charge in [0.25, 0.3) is 0 Å². The lowest BCUT2D eigenvalue weighted by Crippen LogP contribution is -2.71. The zero-order valence-corrected chi connectivity index (χ0v) is 9.65. The van der Waals surface area contributed by atoms with E-state index in [0.29, 0.717) is 16.2 Å². The van der Waals surface area contributed by atoms with Gasteiger partial charge < -0.3 is 0 Å². The summed E-state index contributed by atoms with van der Waals surface area (Å²) in [5, 5.41) is 9.40. The molecule has 0 aliphatic heterocycles. The first-order chi connectivity index (χ1) is 6.33. The largest absolute Gasteiger partial charge is 0.198 e. The number of rotatable bonds is 0. The van der Waals surface area contributed by atoms with Crippen molar-refractivity contribution in [3.8, 4) is 6.07 Å². The molecule has 5 atom stereocenters. The fourth-order valence-electron chi connectivity index (χ4n) is 5.48. The van der Waals surface area contributed by atoms with Gasteiger partial charge in [0.05, 0.1) is 11.5 Å². The molecule has 3 fully saturated rings. The third kappa shape index (κ3) is 0.477. The Hall–Kier alpha value is -0.510. The van der Waals surface area contributed by atoms with E-state index in [2.05, 4.69) is 33.8 Å². The zero-order valence-electron chi connectivity index (χ0n) is 9.65. The van der Waals surface area contributed by atoms with E-state index in [4.69, 9.17) is 0 Å². The van der Waals surface area contributed by atoms with Crippen LogP contribution in [-0.4, -0.2) is 0 Å². The lowest BCUT2D eigenvalue weighted by molar-refractivity contribution is -0.286. The maximum Gasteiger partial charge on any atom is 0.0692 e. The summed E-state index contributed by atoms with van der Waals surface area (Å²) in [5.74, 6) is 0.830. The Morgan fingerprint density at radius 2 is 1.79 bits per heavy atom. The molecule has 0 radical (unpaired) electrons. The van der Waals surface area contributed by atoms with Crippen LogP contribution in [0.25, 0.3) is 0 Å². The Balaban J connectivity index is 2.14. The molecular formula is C13H19N. The normalized spacial score (nSPS) is 68.9. The van der Waals surface area contributed by atoms with Crippen LogP contribution < -0.4 is 0 Å². The first-order valence-electron chi connectivity index (χ1n) is 5.74. The van der Waals surface area contributed by atoms with Gasteiger partial charge in [-0.3, -0.25) is 0 Å². The summed E-state index contributed by atoms with van der Waals surface area (Å²) in [7, 11) is 0. The van der Waals surface area contributed by atoms with Crippen LogP contribution in [-0.2, 0) is 0 Å². The fourth-order valence-corrected chi connectivity index (χ4v) is 5.48. The van der Waals surface area contributed by atoms with Crippen LogP contribution in [0.1, 0.15) is 47.0 Å². The van der Waals surface area contributed by atoms with Crippen molar-refractivity contribution in [1.29, 1.82) is 5.26 Å².